The Balaban J connectivity index is 2.48. The number of thioether (sulfide) groups is 1. The molecule has 1 rings (SSSR count). The van der Waals surface area contributed by atoms with Gasteiger partial charge in [0.2, 0.25) is 0 Å². The molecule has 4 heteroatoms. The second-order valence-corrected chi connectivity index (χ2v) is 4.91. The summed E-state index contributed by atoms with van der Waals surface area (Å²) in [5, 5.41) is 10.7. The fraction of sp³-hybridized carbons (Fsp3) is 0.500. The molecule has 0 bridgehead atoms. The van der Waals surface area contributed by atoms with Crippen LogP contribution in [0.2, 0.25) is 5.02 Å². The van der Waals surface area contributed by atoms with Gasteiger partial charge in [-0.25, -0.2) is 0 Å². The van der Waals surface area contributed by atoms with Gasteiger partial charge in [-0.1, -0.05) is 37.6 Å². The molecule has 0 saturated heterocycles. The van der Waals surface area contributed by atoms with Gasteiger partial charge < -0.3 is 5.11 Å². The van der Waals surface area contributed by atoms with Crippen molar-refractivity contribution in [1.29, 1.82) is 0 Å². The quantitative estimate of drug-likeness (QED) is 0.627. The Labute approximate surface area is 107 Å². The Morgan fingerprint density at radius 2 is 1.94 bits per heavy atom. The Kier molecular flexibility index (Phi) is 6.21. The Bertz CT molecular complexity index is 318. The number of aliphatic hydroxyl groups excluding tert-OH is 1. The van der Waals surface area contributed by atoms with Crippen molar-refractivity contribution >= 4 is 23.4 Å². The largest absolute Gasteiger partial charge is 0.377 e. The molecule has 2 nitrogen and oxygen atoms in total. The van der Waals surface area contributed by atoms with E-state index < -0.39 is 6.23 Å². The number of rotatable bonds is 6. The third-order valence-electron chi connectivity index (χ3n) is 2.46. The summed E-state index contributed by atoms with van der Waals surface area (Å²) in [6.45, 7) is 5.82. The fourth-order valence-corrected chi connectivity index (χ4v) is 2.70. The van der Waals surface area contributed by atoms with Gasteiger partial charge in [-0.3, -0.25) is 4.90 Å². The number of halogens is 1. The SMILES string of the molecule is CCN(CC)C(O)CSc1ccccc1Cl. The molecule has 0 fully saturated rings. The first-order valence-corrected chi connectivity index (χ1v) is 6.84. The van der Waals surface area contributed by atoms with Gasteiger partial charge in [0.15, 0.2) is 0 Å². The summed E-state index contributed by atoms with van der Waals surface area (Å²) in [5.41, 5.74) is 0. The van der Waals surface area contributed by atoms with E-state index in [-0.39, 0.29) is 0 Å². The summed E-state index contributed by atoms with van der Waals surface area (Å²) in [6.07, 6.45) is -0.406. The lowest BCUT2D eigenvalue weighted by Crippen LogP contribution is -2.36. The third kappa shape index (κ3) is 3.98. The van der Waals surface area contributed by atoms with E-state index in [9.17, 15) is 5.11 Å². The van der Waals surface area contributed by atoms with Crippen LogP contribution >= 0.6 is 23.4 Å². The normalized spacial score (nSPS) is 13.1. The molecule has 16 heavy (non-hydrogen) atoms. The highest BCUT2D eigenvalue weighted by Gasteiger charge is 2.12. The van der Waals surface area contributed by atoms with E-state index >= 15 is 0 Å². The van der Waals surface area contributed by atoms with Crippen molar-refractivity contribution in [2.24, 2.45) is 0 Å². The number of hydrogen-bond acceptors (Lipinski definition) is 3. The zero-order valence-corrected chi connectivity index (χ0v) is 11.3. The lowest BCUT2D eigenvalue weighted by atomic mass is 10.4. The summed E-state index contributed by atoms with van der Waals surface area (Å²) in [5.74, 6) is 0.644. The van der Waals surface area contributed by atoms with Crippen LogP contribution in [0.5, 0.6) is 0 Å². The first-order valence-electron chi connectivity index (χ1n) is 5.48. The summed E-state index contributed by atoms with van der Waals surface area (Å²) in [7, 11) is 0. The Hall–Kier alpha value is -0.220. The van der Waals surface area contributed by atoms with Crippen molar-refractivity contribution in [1.82, 2.24) is 4.90 Å². The minimum atomic E-state index is -0.406. The molecular weight excluding hydrogens is 242 g/mol. The molecular formula is C12H18ClNOS. The summed E-state index contributed by atoms with van der Waals surface area (Å²) < 4.78 is 0. The van der Waals surface area contributed by atoms with E-state index in [2.05, 4.69) is 0 Å². The molecule has 0 aliphatic carbocycles. The molecule has 1 N–H and O–H groups in total. The maximum absolute atomic E-state index is 9.92. The highest BCUT2D eigenvalue weighted by Crippen LogP contribution is 2.27. The maximum Gasteiger partial charge on any atom is 0.116 e. The fourth-order valence-electron chi connectivity index (χ4n) is 1.48. The summed E-state index contributed by atoms with van der Waals surface area (Å²) in [6, 6.07) is 7.71. The van der Waals surface area contributed by atoms with Crippen LogP contribution in [-0.4, -0.2) is 35.1 Å². The van der Waals surface area contributed by atoms with Crippen LogP contribution in [0.15, 0.2) is 29.2 Å². The molecule has 0 heterocycles. The second kappa shape index (κ2) is 7.17. The number of benzene rings is 1. The molecule has 0 radical (unpaired) electrons. The first-order chi connectivity index (χ1) is 7.69. The van der Waals surface area contributed by atoms with Crippen LogP contribution in [-0.2, 0) is 0 Å². The molecule has 0 aromatic heterocycles. The second-order valence-electron chi connectivity index (χ2n) is 3.44. The van der Waals surface area contributed by atoms with E-state index in [0.29, 0.717) is 5.75 Å². The Morgan fingerprint density at radius 1 is 1.31 bits per heavy atom. The van der Waals surface area contributed by atoms with Crippen molar-refractivity contribution in [2.45, 2.75) is 25.0 Å². The van der Waals surface area contributed by atoms with Crippen molar-refractivity contribution in [3.05, 3.63) is 29.3 Å². The Morgan fingerprint density at radius 3 is 2.50 bits per heavy atom. The monoisotopic (exact) mass is 259 g/mol. The first kappa shape index (κ1) is 13.8. The molecule has 0 saturated carbocycles. The molecule has 1 unspecified atom stereocenters. The summed E-state index contributed by atoms with van der Waals surface area (Å²) in [4.78, 5) is 3.04. The highest BCUT2D eigenvalue weighted by atomic mass is 35.5. The van der Waals surface area contributed by atoms with Crippen molar-refractivity contribution in [3.63, 3.8) is 0 Å². The zero-order valence-electron chi connectivity index (χ0n) is 9.69. The molecule has 0 aliphatic heterocycles. The topological polar surface area (TPSA) is 23.5 Å². The van der Waals surface area contributed by atoms with E-state index in [1.807, 2.05) is 43.0 Å². The average Bonchev–Trinajstić information content (AvgIpc) is 2.29. The van der Waals surface area contributed by atoms with Gasteiger partial charge in [0, 0.05) is 10.6 Å². The van der Waals surface area contributed by atoms with Crippen LogP contribution < -0.4 is 0 Å². The number of hydrogen-bond donors (Lipinski definition) is 1. The number of nitrogens with zero attached hydrogens (tertiary/aromatic N) is 1. The van der Waals surface area contributed by atoms with E-state index in [1.54, 1.807) is 11.8 Å². The van der Waals surface area contributed by atoms with Gasteiger partial charge in [0.05, 0.1) is 5.02 Å². The van der Waals surface area contributed by atoms with Gasteiger partial charge >= 0.3 is 0 Å². The third-order valence-corrected chi connectivity index (χ3v) is 4.03. The van der Waals surface area contributed by atoms with Gasteiger partial charge in [-0.15, -0.1) is 11.8 Å². The molecule has 1 aromatic rings. The van der Waals surface area contributed by atoms with E-state index in [0.717, 1.165) is 23.0 Å². The van der Waals surface area contributed by atoms with Crippen LogP contribution in [0.1, 0.15) is 13.8 Å². The van der Waals surface area contributed by atoms with E-state index in [1.165, 1.54) is 0 Å². The average molecular weight is 260 g/mol. The molecule has 0 spiro atoms. The lowest BCUT2D eigenvalue weighted by molar-refractivity contribution is 0.0305. The van der Waals surface area contributed by atoms with Gasteiger partial charge in [0.1, 0.15) is 6.23 Å². The minimum absolute atomic E-state index is 0.406. The standard InChI is InChI=1S/C12H18ClNOS/c1-3-14(4-2)12(15)9-16-11-8-6-5-7-10(11)13/h5-8,12,15H,3-4,9H2,1-2H3. The molecule has 90 valence electrons. The van der Waals surface area contributed by atoms with Crippen molar-refractivity contribution in [2.75, 3.05) is 18.8 Å². The maximum atomic E-state index is 9.92. The summed E-state index contributed by atoms with van der Waals surface area (Å²) >= 11 is 7.63. The van der Waals surface area contributed by atoms with Crippen LogP contribution in [0.3, 0.4) is 0 Å². The predicted octanol–water partition coefficient (Wildman–Crippen LogP) is 3.09. The molecule has 0 amide bonds. The molecule has 1 aromatic carbocycles. The van der Waals surface area contributed by atoms with E-state index in [4.69, 9.17) is 11.6 Å². The predicted molar refractivity (Wildman–Crippen MR) is 71.1 cm³/mol. The van der Waals surface area contributed by atoms with Crippen molar-refractivity contribution in [3.8, 4) is 0 Å². The van der Waals surface area contributed by atoms with Crippen LogP contribution in [0.25, 0.3) is 0 Å². The van der Waals surface area contributed by atoms with Crippen LogP contribution in [0, 0.1) is 0 Å². The van der Waals surface area contributed by atoms with Crippen LogP contribution in [0.4, 0.5) is 0 Å². The molecule has 1 atom stereocenters. The van der Waals surface area contributed by atoms with Gasteiger partial charge in [0.25, 0.3) is 0 Å². The minimum Gasteiger partial charge on any atom is -0.377 e. The van der Waals surface area contributed by atoms with Gasteiger partial charge in [-0.2, -0.15) is 0 Å². The van der Waals surface area contributed by atoms with Gasteiger partial charge in [-0.05, 0) is 25.2 Å². The van der Waals surface area contributed by atoms with Crippen molar-refractivity contribution < 1.29 is 5.11 Å². The zero-order chi connectivity index (χ0) is 12.0. The smallest absolute Gasteiger partial charge is 0.116 e. The molecule has 0 aliphatic rings. The number of aliphatic hydroxyl groups is 1. The highest BCUT2D eigenvalue weighted by molar-refractivity contribution is 7.99. The lowest BCUT2D eigenvalue weighted by Gasteiger charge is -2.24.